The predicted molar refractivity (Wildman–Crippen MR) is 64.3 cm³/mol. The fourth-order valence-electron chi connectivity index (χ4n) is 2.20. The van der Waals surface area contributed by atoms with Gasteiger partial charge in [0.25, 0.3) is 0 Å². The van der Waals surface area contributed by atoms with Crippen LogP contribution in [0.5, 0.6) is 0 Å². The second-order valence-corrected chi connectivity index (χ2v) is 7.54. The lowest BCUT2D eigenvalue weighted by Gasteiger charge is -2.32. The minimum Gasteiger partial charge on any atom is -0.335 e. The van der Waals surface area contributed by atoms with Gasteiger partial charge in [-0.2, -0.15) is 13.2 Å². The largest absolute Gasteiger partial charge is 0.471 e. The van der Waals surface area contributed by atoms with E-state index >= 15 is 0 Å². The first-order valence-corrected chi connectivity index (χ1v) is 7.83. The maximum absolute atomic E-state index is 12.2. The van der Waals surface area contributed by atoms with Crippen molar-refractivity contribution in [3.05, 3.63) is 0 Å². The molecule has 19 heavy (non-hydrogen) atoms. The standard InChI is InChI=1S/C11H18F3NO3S/c1-8(2)7-19(17,18)9-3-5-15(6-4-9)10(16)11(12,13)14/h8-9H,3-7H2,1-2H3. The minimum atomic E-state index is -4.89. The molecule has 0 bridgehead atoms. The van der Waals surface area contributed by atoms with Crippen LogP contribution < -0.4 is 0 Å². The maximum Gasteiger partial charge on any atom is 0.471 e. The number of sulfone groups is 1. The summed E-state index contributed by atoms with van der Waals surface area (Å²) in [6.45, 7) is 3.25. The Morgan fingerprint density at radius 1 is 1.26 bits per heavy atom. The molecule has 0 radical (unpaired) electrons. The number of hydrogen-bond acceptors (Lipinski definition) is 3. The molecule has 0 aromatic rings. The fourth-order valence-corrected chi connectivity index (χ4v) is 4.33. The number of alkyl halides is 3. The van der Waals surface area contributed by atoms with Crippen LogP contribution in [0, 0.1) is 5.92 Å². The van der Waals surface area contributed by atoms with Crippen LogP contribution in [0.1, 0.15) is 26.7 Å². The van der Waals surface area contributed by atoms with E-state index in [-0.39, 0.29) is 37.6 Å². The summed E-state index contributed by atoms with van der Waals surface area (Å²) in [7, 11) is -3.29. The molecule has 8 heteroatoms. The molecule has 0 unspecified atom stereocenters. The number of likely N-dealkylation sites (tertiary alicyclic amines) is 1. The van der Waals surface area contributed by atoms with Crippen LogP contribution in [-0.2, 0) is 14.6 Å². The summed E-state index contributed by atoms with van der Waals surface area (Å²) in [6.07, 6.45) is -4.72. The second kappa shape index (κ2) is 5.68. The molecule has 4 nitrogen and oxygen atoms in total. The lowest BCUT2D eigenvalue weighted by molar-refractivity contribution is -0.186. The lowest BCUT2D eigenvalue weighted by Crippen LogP contribution is -2.48. The summed E-state index contributed by atoms with van der Waals surface area (Å²) in [5.41, 5.74) is 0. The van der Waals surface area contributed by atoms with Crippen LogP contribution >= 0.6 is 0 Å². The first-order chi connectivity index (χ1) is 8.54. The molecule has 1 heterocycles. The van der Waals surface area contributed by atoms with Gasteiger partial charge < -0.3 is 4.90 Å². The molecule has 1 aliphatic rings. The molecule has 0 N–H and O–H groups in total. The maximum atomic E-state index is 12.2. The average molecular weight is 301 g/mol. The van der Waals surface area contributed by atoms with E-state index in [0.29, 0.717) is 4.90 Å². The van der Waals surface area contributed by atoms with Gasteiger partial charge in [0.2, 0.25) is 0 Å². The van der Waals surface area contributed by atoms with Gasteiger partial charge in [0.05, 0.1) is 11.0 Å². The second-order valence-electron chi connectivity index (χ2n) is 5.21. The summed E-state index contributed by atoms with van der Waals surface area (Å²) in [5.74, 6) is -1.86. The molecule has 1 aliphatic heterocycles. The fraction of sp³-hybridized carbons (Fsp3) is 0.909. The number of carbonyl (C=O) groups is 1. The topological polar surface area (TPSA) is 54.5 Å². The first-order valence-electron chi connectivity index (χ1n) is 6.11. The average Bonchev–Trinajstić information content (AvgIpc) is 2.25. The van der Waals surface area contributed by atoms with E-state index in [1.807, 2.05) is 0 Å². The number of amides is 1. The molecule has 0 saturated carbocycles. The first kappa shape index (κ1) is 16.3. The molecule has 112 valence electrons. The third kappa shape index (κ3) is 4.36. The summed E-state index contributed by atoms with van der Waals surface area (Å²) in [4.78, 5) is 11.7. The third-order valence-electron chi connectivity index (χ3n) is 3.05. The Labute approximate surface area is 110 Å². The highest BCUT2D eigenvalue weighted by atomic mass is 32.2. The predicted octanol–water partition coefficient (Wildman–Crippen LogP) is 1.61. The zero-order chi connectivity index (χ0) is 14.8. The Balaban J connectivity index is 2.61. The molecule has 0 aliphatic carbocycles. The van der Waals surface area contributed by atoms with Crippen molar-refractivity contribution in [2.75, 3.05) is 18.8 Å². The number of piperidine rings is 1. The Hall–Kier alpha value is -0.790. The molecule has 1 amide bonds. The van der Waals surface area contributed by atoms with E-state index < -0.39 is 27.2 Å². The van der Waals surface area contributed by atoms with Gasteiger partial charge in [-0.25, -0.2) is 8.42 Å². The van der Waals surface area contributed by atoms with Gasteiger partial charge in [-0.3, -0.25) is 4.79 Å². The van der Waals surface area contributed by atoms with Gasteiger partial charge in [0.15, 0.2) is 9.84 Å². The molecular weight excluding hydrogens is 283 g/mol. The molecule has 0 aromatic carbocycles. The van der Waals surface area contributed by atoms with Gasteiger partial charge in [0, 0.05) is 13.1 Å². The normalized spacial score (nSPS) is 18.9. The number of nitrogens with zero attached hydrogens (tertiary/aromatic N) is 1. The Kier molecular flexibility index (Phi) is 4.86. The highest BCUT2D eigenvalue weighted by Gasteiger charge is 2.44. The van der Waals surface area contributed by atoms with Gasteiger partial charge >= 0.3 is 12.1 Å². The Morgan fingerprint density at radius 3 is 2.11 bits per heavy atom. The Bertz CT molecular complexity index is 423. The highest BCUT2D eigenvalue weighted by molar-refractivity contribution is 7.92. The van der Waals surface area contributed by atoms with Crippen molar-refractivity contribution in [3.63, 3.8) is 0 Å². The third-order valence-corrected chi connectivity index (χ3v) is 5.66. The van der Waals surface area contributed by atoms with Gasteiger partial charge in [-0.05, 0) is 18.8 Å². The van der Waals surface area contributed by atoms with Crippen molar-refractivity contribution in [2.45, 2.75) is 38.1 Å². The summed E-state index contributed by atoms with van der Waals surface area (Å²) in [6, 6.07) is 0. The monoisotopic (exact) mass is 301 g/mol. The van der Waals surface area contributed by atoms with Gasteiger partial charge in [0.1, 0.15) is 0 Å². The van der Waals surface area contributed by atoms with Crippen LogP contribution in [0.2, 0.25) is 0 Å². The summed E-state index contributed by atoms with van der Waals surface area (Å²) in [5, 5.41) is -0.632. The molecule has 1 saturated heterocycles. The van der Waals surface area contributed by atoms with Crippen molar-refractivity contribution in [2.24, 2.45) is 5.92 Å². The van der Waals surface area contributed by atoms with Crippen LogP contribution in [0.4, 0.5) is 13.2 Å². The summed E-state index contributed by atoms with van der Waals surface area (Å²) >= 11 is 0. The van der Waals surface area contributed by atoms with E-state index in [0.717, 1.165) is 0 Å². The SMILES string of the molecule is CC(C)CS(=O)(=O)C1CCN(C(=O)C(F)(F)F)CC1. The van der Waals surface area contributed by atoms with Crippen LogP contribution in [0.3, 0.4) is 0 Å². The van der Waals surface area contributed by atoms with Crippen LogP contribution in [0.25, 0.3) is 0 Å². The highest BCUT2D eigenvalue weighted by Crippen LogP contribution is 2.24. The van der Waals surface area contributed by atoms with E-state index in [2.05, 4.69) is 0 Å². The Morgan fingerprint density at radius 2 is 1.74 bits per heavy atom. The number of halogens is 3. The van der Waals surface area contributed by atoms with Crippen LogP contribution in [0.15, 0.2) is 0 Å². The van der Waals surface area contributed by atoms with Gasteiger partial charge in [-0.1, -0.05) is 13.8 Å². The number of hydrogen-bond donors (Lipinski definition) is 0. The zero-order valence-electron chi connectivity index (χ0n) is 10.9. The molecule has 0 spiro atoms. The van der Waals surface area contributed by atoms with Crippen molar-refractivity contribution < 1.29 is 26.4 Å². The van der Waals surface area contributed by atoms with E-state index in [1.54, 1.807) is 13.8 Å². The van der Waals surface area contributed by atoms with E-state index in [1.165, 1.54) is 0 Å². The quantitative estimate of drug-likeness (QED) is 0.796. The van der Waals surface area contributed by atoms with Crippen molar-refractivity contribution in [3.8, 4) is 0 Å². The van der Waals surface area contributed by atoms with E-state index in [9.17, 15) is 26.4 Å². The molecular formula is C11H18F3NO3S. The molecule has 1 rings (SSSR count). The smallest absolute Gasteiger partial charge is 0.335 e. The lowest BCUT2D eigenvalue weighted by atomic mass is 10.1. The number of rotatable bonds is 3. The van der Waals surface area contributed by atoms with Crippen molar-refractivity contribution in [1.29, 1.82) is 0 Å². The van der Waals surface area contributed by atoms with Crippen LogP contribution in [-0.4, -0.2) is 49.5 Å². The summed E-state index contributed by atoms with van der Waals surface area (Å²) < 4.78 is 60.6. The molecule has 0 aromatic heterocycles. The molecule has 1 fully saturated rings. The zero-order valence-corrected chi connectivity index (χ0v) is 11.7. The number of carbonyl (C=O) groups excluding carboxylic acids is 1. The minimum absolute atomic E-state index is 0.0140. The van der Waals surface area contributed by atoms with Crippen molar-refractivity contribution in [1.82, 2.24) is 4.90 Å². The molecule has 0 atom stereocenters. The van der Waals surface area contributed by atoms with E-state index in [4.69, 9.17) is 0 Å². The van der Waals surface area contributed by atoms with Crippen molar-refractivity contribution >= 4 is 15.7 Å². The van der Waals surface area contributed by atoms with Gasteiger partial charge in [-0.15, -0.1) is 0 Å².